The van der Waals surface area contributed by atoms with E-state index in [4.69, 9.17) is 0 Å². The van der Waals surface area contributed by atoms with E-state index in [0.717, 1.165) is 5.56 Å². The molecule has 0 radical (unpaired) electrons. The van der Waals surface area contributed by atoms with Gasteiger partial charge in [0.05, 0.1) is 4.90 Å². The van der Waals surface area contributed by atoms with Crippen molar-refractivity contribution in [2.24, 2.45) is 0 Å². The summed E-state index contributed by atoms with van der Waals surface area (Å²) < 4.78 is 25.9. The Balaban J connectivity index is 2.35. The standard InChI is InChI=1S/C13H17N5O2S/c1-9-8-16-13(14-2)18-12(9)17-10-5-4-6-11(7-10)21(19,20)15-3/h4-8,15H,1-3H3,(H2,14,16,17,18). The molecule has 21 heavy (non-hydrogen) atoms. The molecule has 0 saturated heterocycles. The van der Waals surface area contributed by atoms with E-state index < -0.39 is 10.0 Å². The Morgan fingerprint density at radius 1 is 1.19 bits per heavy atom. The fourth-order valence-electron chi connectivity index (χ4n) is 1.68. The van der Waals surface area contributed by atoms with Crippen molar-refractivity contribution in [2.75, 3.05) is 24.7 Å². The van der Waals surface area contributed by atoms with E-state index >= 15 is 0 Å². The molecule has 1 heterocycles. The van der Waals surface area contributed by atoms with Gasteiger partial charge in [-0.3, -0.25) is 0 Å². The van der Waals surface area contributed by atoms with Crippen LogP contribution in [0.4, 0.5) is 17.5 Å². The topological polar surface area (TPSA) is 96.0 Å². The number of benzene rings is 1. The zero-order valence-corrected chi connectivity index (χ0v) is 12.8. The lowest BCUT2D eigenvalue weighted by molar-refractivity contribution is 0.588. The molecule has 0 unspecified atom stereocenters. The number of anilines is 3. The van der Waals surface area contributed by atoms with E-state index in [1.165, 1.54) is 13.1 Å². The van der Waals surface area contributed by atoms with E-state index in [-0.39, 0.29) is 4.90 Å². The smallest absolute Gasteiger partial charge is 0.240 e. The molecule has 0 fully saturated rings. The molecular weight excluding hydrogens is 290 g/mol. The van der Waals surface area contributed by atoms with Gasteiger partial charge in [-0.2, -0.15) is 4.98 Å². The highest BCUT2D eigenvalue weighted by molar-refractivity contribution is 7.89. The van der Waals surface area contributed by atoms with E-state index in [0.29, 0.717) is 17.5 Å². The minimum Gasteiger partial charge on any atom is -0.357 e. The molecular formula is C13H17N5O2S. The molecule has 0 bridgehead atoms. The predicted molar refractivity (Wildman–Crippen MR) is 82.3 cm³/mol. The Bertz CT molecular complexity index is 746. The molecule has 112 valence electrons. The van der Waals surface area contributed by atoms with Crippen molar-refractivity contribution in [1.29, 1.82) is 0 Å². The second-order valence-corrected chi connectivity index (χ2v) is 6.22. The first-order valence-electron chi connectivity index (χ1n) is 6.28. The Kier molecular flexibility index (Phi) is 4.39. The van der Waals surface area contributed by atoms with Gasteiger partial charge in [-0.15, -0.1) is 0 Å². The lowest BCUT2D eigenvalue weighted by atomic mass is 10.3. The van der Waals surface area contributed by atoms with Crippen LogP contribution in [0.15, 0.2) is 35.4 Å². The third kappa shape index (κ3) is 3.47. The number of aryl methyl sites for hydroxylation is 1. The number of nitrogens with zero attached hydrogens (tertiary/aromatic N) is 2. The third-order valence-electron chi connectivity index (χ3n) is 2.87. The van der Waals surface area contributed by atoms with Gasteiger partial charge in [0.25, 0.3) is 0 Å². The third-order valence-corrected chi connectivity index (χ3v) is 4.28. The van der Waals surface area contributed by atoms with Crippen LogP contribution in [-0.2, 0) is 10.0 Å². The van der Waals surface area contributed by atoms with Crippen molar-refractivity contribution in [3.8, 4) is 0 Å². The van der Waals surface area contributed by atoms with Gasteiger partial charge in [-0.05, 0) is 32.2 Å². The zero-order valence-electron chi connectivity index (χ0n) is 12.0. The normalized spacial score (nSPS) is 11.2. The summed E-state index contributed by atoms with van der Waals surface area (Å²) in [4.78, 5) is 8.59. The van der Waals surface area contributed by atoms with Crippen molar-refractivity contribution >= 4 is 27.5 Å². The molecule has 0 atom stereocenters. The Labute approximate surface area is 123 Å². The Morgan fingerprint density at radius 3 is 2.62 bits per heavy atom. The summed E-state index contributed by atoms with van der Waals surface area (Å²) in [5.74, 6) is 1.11. The number of nitrogens with one attached hydrogen (secondary N) is 3. The van der Waals surface area contributed by atoms with Gasteiger partial charge in [-0.1, -0.05) is 6.07 Å². The van der Waals surface area contributed by atoms with Gasteiger partial charge in [0, 0.05) is 24.5 Å². The van der Waals surface area contributed by atoms with Crippen LogP contribution < -0.4 is 15.4 Å². The van der Waals surface area contributed by atoms with Crippen LogP contribution in [0.2, 0.25) is 0 Å². The summed E-state index contributed by atoms with van der Waals surface area (Å²) in [6.45, 7) is 1.87. The van der Waals surface area contributed by atoms with Gasteiger partial charge >= 0.3 is 0 Å². The SMILES string of the molecule is CNc1ncc(C)c(Nc2cccc(S(=O)(=O)NC)c2)n1. The molecule has 2 aromatic rings. The summed E-state index contributed by atoms with van der Waals surface area (Å²) in [7, 11) is -0.362. The van der Waals surface area contributed by atoms with Crippen molar-refractivity contribution in [3.63, 3.8) is 0 Å². The van der Waals surface area contributed by atoms with Crippen LogP contribution in [0.1, 0.15) is 5.56 Å². The molecule has 1 aromatic carbocycles. The summed E-state index contributed by atoms with van der Waals surface area (Å²) in [6.07, 6.45) is 1.69. The number of aromatic nitrogens is 2. The molecule has 0 aliphatic heterocycles. The molecule has 0 saturated carbocycles. The van der Waals surface area contributed by atoms with Crippen LogP contribution >= 0.6 is 0 Å². The fourth-order valence-corrected chi connectivity index (χ4v) is 2.46. The molecule has 3 N–H and O–H groups in total. The second kappa shape index (κ2) is 6.06. The van der Waals surface area contributed by atoms with Crippen LogP contribution in [0.25, 0.3) is 0 Å². The molecule has 7 nitrogen and oxygen atoms in total. The molecule has 1 aromatic heterocycles. The van der Waals surface area contributed by atoms with Crippen molar-refractivity contribution in [2.45, 2.75) is 11.8 Å². The van der Waals surface area contributed by atoms with E-state index in [1.807, 2.05) is 6.92 Å². The maximum Gasteiger partial charge on any atom is 0.240 e. The summed E-state index contributed by atoms with van der Waals surface area (Å²) in [5, 5.41) is 5.96. The number of rotatable bonds is 5. The molecule has 0 amide bonds. The quantitative estimate of drug-likeness (QED) is 0.774. The number of hydrogen-bond donors (Lipinski definition) is 3. The van der Waals surface area contributed by atoms with Crippen LogP contribution in [0, 0.1) is 6.92 Å². The minimum atomic E-state index is -3.47. The van der Waals surface area contributed by atoms with Gasteiger partial charge in [0.2, 0.25) is 16.0 Å². The van der Waals surface area contributed by atoms with Gasteiger partial charge in [-0.25, -0.2) is 18.1 Å². The van der Waals surface area contributed by atoms with Crippen molar-refractivity contribution < 1.29 is 8.42 Å². The summed E-state index contributed by atoms with van der Waals surface area (Å²) in [6, 6.07) is 6.52. The largest absolute Gasteiger partial charge is 0.357 e. The molecule has 0 aliphatic rings. The molecule has 2 rings (SSSR count). The van der Waals surface area contributed by atoms with Gasteiger partial charge in [0.15, 0.2) is 0 Å². The monoisotopic (exact) mass is 307 g/mol. The van der Waals surface area contributed by atoms with Crippen molar-refractivity contribution in [1.82, 2.24) is 14.7 Å². The summed E-state index contributed by atoms with van der Waals surface area (Å²) >= 11 is 0. The highest BCUT2D eigenvalue weighted by Gasteiger charge is 2.12. The highest BCUT2D eigenvalue weighted by atomic mass is 32.2. The Hall–Kier alpha value is -2.19. The second-order valence-electron chi connectivity index (χ2n) is 4.34. The van der Waals surface area contributed by atoms with E-state index in [9.17, 15) is 8.42 Å². The Morgan fingerprint density at radius 2 is 1.95 bits per heavy atom. The molecule has 8 heteroatoms. The lowest BCUT2D eigenvalue weighted by Crippen LogP contribution is -2.18. The van der Waals surface area contributed by atoms with E-state index in [2.05, 4.69) is 25.3 Å². The minimum absolute atomic E-state index is 0.190. The highest BCUT2D eigenvalue weighted by Crippen LogP contribution is 2.21. The first-order valence-corrected chi connectivity index (χ1v) is 7.76. The first kappa shape index (κ1) is 15.2. The van der Waals surface area contributed by atoms with Gasteiger partial charge < -0.3 is 10.6 Å². The first-order chi connectivity index (χ1) is 9.96. The lowest BCUT2D eigenvalue weighted by Gasteiger charge is -2.11. The molecule has 0 aliphatic carbocycles. The average molecular weight is 307 g/mol. The number of sulfonamides is 1. The molecule has 0 spiro atoms. The number of hydrogen-bond acceptors (Lipinski definition) is 6. The van der Waals surface area contributed by atoms with Crippen LogP contribution in [-0.4, -0.2) is 32.5 Å². The van der Waals surface area contributed by atoms with Crippen LogP contribution in [0.5, 0.6) is 0 Å². The average Bonchev–Trinajstić information content (AvgIpc) is 2.50. The van der Waals surface area contributed by atoms with Gasteiger partial charge in [0.1, 0.15) is 5.82 Å². The fraction of sp³-hybridized carbons (Fsp3) is 0.231. The van der Waals surface area contributed by atoms with Crippen LogP contribution in [0.3, 0.4) is 0 Å². The maximum atomic E-state index is 11.8. The maximum absolute atomic E-state index is 11.8. The zero-order chi connectivity index (χ0) is 15.5. The van der Waals surface area contributed by atoms with Crippen molar-refractivity contribution in [3.05, 3.63) is 36.0 Å². The van der Waals surface area contributed by atoms with E-state index in [1.54, 1.807) is 31.4 Å². The predicted octanol–water partition coefficient (Wildman–Crippen LogP) is 1.48. The summed E-state index contributed by atoms with van der Waals surface area (Å²) in [5.41, 5.74) is 1.49.